The summed E-state index contributed by atoms with van der Waals surface area (Å²) in [6.07, 6.45) is 0.132. The second-order valence-corrected chi connectivity index (χ2v) is 12.9. The molecule has 0 radical (unpaired) electrons. The molecule has 2 amide bonds. The molecular formula is C33H31ClF3N7O6. The van der Waals surface area contributed by atoms with E-state index in [1.54, 1.807) is 4.57 Å². The normalized spacial score (nSPS) is 18.9. The molecule has 1 aromatic carbocycles. The summed E-state index contributed by atoms with van der Waals surface area (Å²) in [5.74, 6) is -1.00. The number of pyridine rings is 1. The predicted molar refractivity (Wildman–Crippen MR) is 173 cm³/mol. The SMILES string of the molecule is O=C(Cn1c2c(c(=O)n3nc(C4=CCC(O)CC4)nc13)C1(CCN(C(=O)c3ncccc3O)CC1)OCC2)Nc1ccc(C(F)(F)F)cc1Cl. The Bertz CT molecular complexity index is 2110. The first-order chi connectivity index (χ1) is 23.8. The van der Waals surface area contributed by atoms with Crippen molar-refractivity contribution in [3.8, 4) is 5.75 Å². The van der Waals surface area contributed by atoms with Crippen LogP contribution in [-0.2, 0) is 34.3 Å². The van der Waals surface area contributed by atoms with Gasteiger partial charge in [-0.15, -0.1) is 5.10 Å². The minimum atomic E-state index is -4.62. The molecule has 13 nitrogen and oxygen atoms in total. The highest BCUT2D eigenvalue weighted by Crippen LogP contribution is 2.41. The number of halogens is 4. The summed E-state index contributed by atoms with van der Waals surface area (Å²) in [6, 6.07) is 5.50. The number of aliphatic hydroxyl groups is 1. The van der Waals surface area contributed by atoms with Crippen LogP contribution < -0.4 is 10.9 Å². The molecule has 4 aromatic rings. The van der Waals surface area contributed by atoms with Crippen molar-refractivity contribution in [1.29, 1.82) is 0 Å². The number of fused-ring (bicyclic) bond motifs is 3. The zero-order valence-electron chi connectivity index (χ0n) is 26.4. The number of ether oxygens (including phenoxy) is 1. The molecule has 1 aliphatic carbocycles. The second-order valence-electron chi connectivity index (χ2n) is 12.5. The average molecular weight is 714 g/mol. The summed E-state index contributed by atoms with van der Waals surface area (Å²) in [5.41, 5.74) is -1.22. The van der Waals surface area contributed by atoms with Gasteiger partial charge in [-0.3, -0.25) is 14.4 Å². The largest absolute Gasteiger partial charge is 0.505 e. The maximum Gasteiger partial charge on any atom is 0.416 e. The molecule has 7 rings (SSSR count). The van der Waals surface area contributed by atoms with E-state index in [1.165, 1.54) is 23.2 Å². The third-order valence-corrected chi connectivity index (χ3v) is 9.73. The van der Waals surface area contributed by atoms with Crippen LogP contribution in [0.5, 0.6) is 5.75 Å². The molecule has 1 spiro atoms. The lowest BCUT2D eigenvalue weighted by molar-refractivity contribution is -0.137. The molecule has 0 saturated carbocycles. The fourth-order valence-electron chi connectivity index (χ4n) is 6.86. The quantitative estimate of drug-likeness (QED) is 0.278. The topological polar surface area (TPSA) is 164 Å². The summed E-state index contributed by atoms with van der Waals surface area (Å²) in [7, 11) is 0. The van der Waals surface area contributed by atoms with Crippen LogP contribution in [0.3, 0.4) is 0 Å². The van der Waals surface area contributed by atoms with E-state index >= 15 is 0 Å². The van der Waals surface area contributed by atoms with Gasteiger partial charge in [0, 0.05) is 31.4 Å². The van der Waals surface area contributed by atoms with Crippen LogP contribution in [0.25, 0.3) is 11.4 Å². The van der Waals surface area contributed by atoms with Crippen molar-refractivity contribution in [2.24, 2.45) is 0 Å². The fourth-order valence-corrected chi connectivity index (χ4v) is 7.09. The van der Waals surface area contributed by atoms with Crippen LogP contribution in [0.2, 0.25) is 5.02 Å². The van der Waals surface area contributed by atoms with Gasteiger partial charge in [-0.1, -0.05) is 17.7 Å². The van der Waals surface area contributed by atoms with Crippen LogP contribution in [0.1, 0.15) is 65.2 Å². The van der Waals surface area contributed by atoms with Crippen LogP contribution in [0.4, 0.5) is 18.9 Å². The molecule has 17 heteroatoms. The van der Waals surface area contributed by atoms with E-state index in [0.717, 1.165) is 28.3 Å². The van der Waals surface area contributed by atoms with Gasteiger partial charge in [0.15, 0.2) is 11.5 Å². The van der Waals surface area contributed by atoms with Gasteiger partial charge in [-0.05, 0) is 68.0 Å². The van der Waals surface area contributed by atoms with Crippen LogP contribution in [0, 0.1) is 0 Å². The Morgan fingerprint density at radius 1 is 1.16 bits per heavy atom. The van der Waals surface area contributed by atoms with E-state index in [2.05, 4.69) is 20.4 Å². The number of likely N-dealkylation sites (tertiary alicyclic amines) is 1. The number of hydrogen-bond donors (Lipinski definition) is 3. The number of nitrogens with zero attached hydrogens (tertiary/aromatic N) is 6. The summed E-state index contributed by atoms with van der Waals surface area (Å²) in [6.45, 7) is 0.153. The Morgan fingerprint density at radius 3 is 2.62 bits per heavy atom. The van der Waals surface area contributed by atoms with Crippen LogP contribution >= 0.6 is 11.6 Å². The summed E-state index contributed by atoms with van der Waals surface area (Å²) < 4.78 is 48.6. The third-order valence-electron chi connectivity index (χ3n) is 9.41. The maximum absolute atomic E-state index is 14.3. The van der Waals surface area contributed by atoms with Crippen LogP contribution in [-0.4, -0.2) is 76.9 Å². The monoisotopic (exact) mass is 713 g/mol. The molecule has 1 saturated heterocycles. The minimum absolute atomic E-state index is 0.0283. The Kier molecular flexibility index (Phi) is 8.64. The van der Waals surface area contributed by atoms with Crippen LogP contribution in [0.15, 0.2) is 47.4 Å². The molecule has 1 atom stereocenters. The smallest absolute Gasteiger partial charge is 0.416 e. The van der Waals surface area contributed by atoms with Crippen molar-refractivity contribution in [2.75, 3.05) is 25.0 Å². The van der Waals surface area contributed by atoms with Crippen molar-refractivity contribution in [3.63, 3.8) is 0 Å². The first-order valence-corrected chi connectivity index (χ1v) is 16.4. The zero-order valence-corrected chi connectivity index (χ0v) is 27.2. The van der Waals surface area contributed by atoms with Gasteiger partial charge >= 0.3 is 6.18 Å². The Morgan fingerprint density at radius 2 is 1.94 bits per heavy atom. The number of amides is 2. The molecule has 5 heterocycles. The van der Waals surface area contributed by atoms with E-state index in [4.69, 9.17) is 16.3 Å². The molecule has 2 aliphatic heterocycles. The zero-order chi connectivity index (χ0) is 35.4. The molecule has 3 aromatic heterocycles. The van der Waals surface area contributed by atoms with E-state index in [1.807, 2.05) is 6.08 Å². The van der Waals surface area contributed by atoms with Crippen molar-refractivity contribution in [2.45, 2.75) is 63.0 Å². The third kappa shape index (κ3) is 6.11. The number of aromatic nitrogens is 5. The number of carbonyl (C=O) groups excluding carboxylic acids is 2. The number of aliphatic hydroxyl groups excluding tert-OH is 1. The number of benzene rings is 1. The molecule has 262 valence electrons. The summed E-state index contributed by atoms with van der Waals surface area (Å²) in [4.78, 5) is 51.3. The first-order valence-electron chi connectivity index (χ1n) is 16.0. The van der Waals surface area contributed by atoms with Gasteiger partial charge in [0.2, 0.25) is 11.7 Å². The van der Waals surface area contributed by atoms with Gasteiger partial charge in [0.1, 0.15) is 17.9 Å². The second kappa shape index (κ2) is 12.8. The molecule has 1 fully saturated rings. The number of rotatable bonds is 5. The highest BCUT2D eigenvalue weighted by atomic mass is 35.5. The van der Waals surface area contributed by atoms with E-state index in [-0.39, 0.29) is 84.8 Å². The molecule has 3 aliphatic rings. The molecule has 3 N–H and O–H groups in total. The number of alkyl halides is 3. The minimum Gasteiger partial charge on any atom is -0.505 e. The highest BCUT2D eigenvalue weighted by Gasteiger charge is 2.46. The standard InChI is InChI=1S/C33H31ClF3N7O6/c34-21-16-19(33(35,36)37)5-8-22(21)39-25(47)17-43-23-9-15-50-32(10-13-42(14-11-32)30(49)27-24(46)2-1-12-38-27)26(23)29(48)44-31(43)40-28(41-44)18-3-6-20(45)7-4-18/h1-3,5,8,12,16,20,45-46H,4,6-7,9-11,13-15,17H2,(H,39,47). The number of piperidine rings is 1. The Balaban J connectivity index is 1.26. The summed E-state index contributed by atoms with van der Waals surface area (Å²) in [5, 5.41) is 27.0. The Hall–Kier alpha value is -4.80. The number of nitrogens with one attached hydrogen (secondary N) is 1. The van der Waals surface area contributed by atoms with Crippen molar-refractivity contribution >= 4 is 40.5 Å². The summed E-state index contributed by atoms with van der Waals surface area (Å²) >= 11 is 6.12. The average Bonchev–Trinajstić information content (AvgIpc) is 3.54. The van der Waals surface area contributed by atoms with Crippen molar-refractivity contribution in [3.05, 3.63) is 86.3 Å². The number of aromatic hydroxyl groups is 1. The lowest BCUT2D eigenvalue weighted by Crippen LogP contribution is -2.52. The van der Waals surface area contributed by atoms with Gasteiger partial charge in [-0.2, -0.15) is 22.7 Å². The van der Waals surface area contributed by atoms with E-state index in [9.17, 15) is 37.8 Å². The first kappa shape index (κ1) is 33.7. The van der Waals surface area contributed by atoms with Gasteiger partial charge in [0.05, 0.1) is 34.5 Å². The maximum atomic E-state index is 14.3. The molecule has 1 unspecified atom stereocenters. The molecule has 0 bridgehead atoms. The van der Waals surface area contributed by atoms with Gasteiger partial charge in [0.25, 0.3) is 11.5 Å². The number of carbonyl (C=O) groups is 2. The number of hydrogen-bond acceptors (Lipinski definition) is 9. The number of anilines is 1. The van der Waals surface area contributed by atoms with Crippen molar-refractivity contribution < 1.29 is 37.7 Å². The molecular weight excluding hydrogens is 683 g/mol. The number of allylic oxidation sites excluding steroid dienone is 1. The van der Waals surface area contributed by atoms with E-state index < -0.39 is 40.8 Å². The lowest BCUT2D eigenvalue weighted by Gasteiger charge is -2.44. The molecule has 50 heavy (non-hydrogen) atoms. The Labute approximate surface area is 287 Å². The predicted octanol–water partition coefficient (Wildman–Crippen LogP) is 3.93. The van der Waals surface area contributed by atoms with Crippen molar-refractivity contribution in [1.82, 2.24) is 29.0 Å². The van der Waals surface area contributed by atoms with Gasteiger partial charge < -0.3 is 29.7 Å². The highest BCUT2D eigenvalue weighted by molar-refractivity contribution is 6.33. The van der Waals surface area contributed by atoms with Gasteiger partial charge in [-0.25, -0.2) is 4.98 Å². The lowest BCUT2D eigenvalue weighted by atomic mass is 9.81. The fraction of sp³-hybridized carbons (Fsp3) is 0.394. The van der Waals surface area contributed by atoms with E-state index in [0.29, 0.717) is 25.0 Å².